The molecule has 0 saturated carbocycles. The van der Waals surface area contributed by atoms with Crippen LogP contribution in [0, 0.1) is 0 Å². The van der Waals surface area contributed by atoms with E-state index in [1.807, 2.05) is 0 Å². The standard InChI is InChI=1S/4C20H14.4CH4.3Sn/c4*1-2-8-14-13(7-1)19-15-9-3-5-11-17(15)20(14)18-12-6-4-10-16(18)19;;;;;;;/h4*1-12,19-20H;4*1H4;;;. The predicted octanol–water partition coefficient (Wildman–Crippen LogP) is 20.1. The monoisotopic (exact) mass is 1440 g/mol. The number of hydrogen-bond donors (Lipinski definition) is 0. The molecule has 3 heteroatoms. The molecule has 24 rings (SSSR count). The Morgan fingerprint density at radius 2 is 0.149 bits per heavy atom. The first-order chi connectivity index (χ1) is 39.8. The second kappa shape index (κ2) is 25.6. The second-order valence-corrected chi connectivity index (χ2v) is 23.0. The van der Waals surface area contributed by atoms with Crippen LogP contribution in [-0.2, 0) is 0 Å². The maximum Gasteiger partial charge on any atom is 0.0349 e. The van der Waals surface area contributed by atoms with E-state index in [1.54, 1.807) is 0 Å². The number of rotatable bonds is 0. The summed E-state index contributed by atoms with van der Waals surface area (Å²) in [6, 6.07) is 107. The molecule has 0 atom stereocenters. The Kier molecular flexibility index (Phi) is 18.6. The van der Waals surface area contributed by atoms with Crippen molar-refractivity contribution in [3.63, 3.8) is 0 Å². The molecular formula is C84H72Sn3. The average Bonchev–Trinajstić information content (AvgIpc) is 0.798. The molecule has 87 heavy (non-hydrogen) atoms. The molecule has 12 aromatic carbocycles. The van der Waals surface area contributed by atoms with Crippen LogP contribution in [-0.4, -0.2) is 71.7 Å². The van der Waals surface area contributed by atoms with Gasteiger partial charge in [-0.1, -0.05) is 321 Å². The van der Waals surface area contributed by atoms with Gasteiger partial charge in [0.2, 0.25) is 0 Å². The van der Waals surface area contributed by atoms with Gasteiger partial charge >= 0.3 is 0 Å². The van der Waals surface area contributed by atoms with Crippen molar-refractivity contribution < 1.29 is 0 Å². The molecule has 420 valence electrons. The summed E-state index contributed by atoms with van der Waals surface area (Å²) in [5, 5.41) is 0. The van der Waals surface area contributed by atoms with Crippen LogP contribution in [0.4, 0.5) is 0 Å². The summed E-state index contributed by atoms with van der Waals surface area (Å²) in [5.41, 5.74) is 35.9. The van der Waals surface area contributed by atoms with Crippen molar-refractivity contribution in [2.24, 2.45) is 0 Å². The van der Waals surface area contributed by atoms with E-state index >= 15 is 0 Å². The van der Waals surface area contributed by atoms with E-state index in [-0.39, 0.29) is 101 Å². The zero-order chi connectivity index (χ0) is 52.4. The molecule has 8 bridgehead atoms. The molecule has 0 unspecified atom stereocenters. The fraction of sp³-hybridized carbons (Fsp3) is 0.143. The minimum atomic E-state index is 0. The van der Waals surface area contributed by atoms with Crippen LogP contribution >= 0.6 is 0 Å². The summed E-state index contributed by atoms with van der Waals surface area (Å²) >= 11 is 0. The molecule has 0 aliphatic heterocycles. The molecular weight excluding hydrogens is 1370 g/mol. The van der Waals surface area contributed by atoms with E-state index in [0.29, 0.717) is 47.3 Å². The molecule has 0 amide bonds. The van der Waals surface area contributed by atoms with Crippen molar-refractivity contribution in [1.29, 1.82) is 0 Å². The van der Waals surface area contributed by atoms with Crippen LogP contribution in [0.15, 0.2) is 291 Å². The van der Waals surface area contributed by atoms with Gasteiger partial charge in [0.25, 0.3) is 0 Å². The minimum Gasteiger partial charge on any atom is -0.0776 e. The van der Waals surface area contributed by atoms with Crippen molar-refractivity contribution in [2.75, 3.05) is 0 Å². The molecule has 12 aliphatic rings. The Labute approximate surface area is 568 Å². The third kappa shape index (κ3) is 9.60. The molecule has 12 radical (unpaired) electrons. The number of benzene rings is 12. The predicted molar refractivity (Wildman–Crippen MR) is 369 cm³/mol. The van der Waals surface area contributed by atoms with Crippen LogP contribution in [0.25, 0.3) is 0 Å². The third-order valence-corrected chi connectivity index (χ3v) is 19.4. The number of hydrogen-bond acceptors (Lipinski definition) is 0. The quantitative estimate of drug-likeness (QED) is 0.133. The molecule has 12 aromatic rings. The van der Waals surface area contributed by atoms with Gasteiger partial charge in [-0.3, -0.25) is 0 Å². The summed E-state index contributed by atoms with van der Waals surface area (Å²) in [4.78, 5) is 0. The maximum atomic E-state index is 2.30. The summed E-state index contributed by atoms with van der Waals surface area (Å²) < 4.78 is 0. The molecule has 0 nitrogen and oxygen atoms in total. The van der Waals surface area contributed by atoms with Crippen molar-refractivity contribution >= 4 is 71.7 Å². The third-order valence-electron chi connectivity index (χ3n) is 19.4. The molecule has 0 spiro atoms. The van der Waals surface area contributed by atoms with Crippen LogP contribution < -0.4 is 0 Å². The molecule has 0 heterocycles. The van der Waals surface area contributed by atoms with Gasteiger partial charge in [-0.15, -0.1) is 0 Å². The van der Waals surface area contributed by atoms with Crippen LogP contribution in [0.2, 0.25) is 0 Å². The van der Waals surface area contributed by atoms with Gasteiger partial charge in [0.1, 0.15) is 0 Å². The van der Waals surface area contributed by atoms with Crippen molar-refractivity contribution in [3.05, 3.63) is 425 Å². The first kappa shape index (κ1) is 63.1. The maximum absolute atomic E-state index is 2.30. The van der Waals surface area contributed by atoms with E-state index in [2.05, 4.69) is 291 Å². The Morgan fingerprint density at radius 1 is 0.103 bits per heavy atom. The van der Waals surface area contributed by atoms with Crippen molar-refractivity contribution in [3.8, 4) is 0 Å². The summed E-state index contributed by atoms with van der Waals surface area (Å²) in [6.45, 7) is 0. The smallest absolute Gasteiger partial charge is 0.0349 e. The normalized spacial score (nSPS) is 19.3. The fourth-order valence-corrected chi connectivity index (χ4v) is 16.5. The Morgan fingerprint density at radius 3 is 0.195 bits per heavy atom. The van der Waals surface area contributed by atoms with E-state index < -0.39 is 0 Å². The van der Waals surface area contributed by atoms with E-state index in [1.165, 1.54) is 134 Å². The molecule has 0 fully saturated rings. The van der Waals surface area contributed by atoms with Crippen LogP contribution in [0.5, 0.6) is 0 Å². The molecule has 0 N–H and O–H groups in total. The van der Waals surface area contributed by atoms with Crippen molar-refractivity contribution in [2.45, 2.75) is 77.0 Å². The molecule has 0 saturated heterocycles. The van der Waals surface area contributed by atoms with Gasteiger partial charge in [0, 0.05) is 119 Å². The van der Waals surface area contributed by atoms with Gasteiger partial charge < -0.3 is 0 Å². The first-order valence-electron chi connectivity index (χ1n) is 28.9. The van der Waals surface area contributed by atoms with E-state index in [4.69, 9.17) is 0 Å². The Bertz CT molecular complexity index is 3180. The van der Waals surface area contributed by atoms with Gasteiger partial charge in [-0.05, 0) is 134 Å². The molecule has 0 aromatic heterocycles. The Balaban J connectivity index is 0.000000125. The minimum absolute atomic E-state index is 0. The Hall–Kier alpha value is -6.96. The van der Waals surface area contributed by atoms with Gasteiger partial charge in [-0.25, -0.2) is 0 Å². The zero-order valence-corrected chi connectivity index (χ0v) is 54.4. The topological polar surface area (TPSA) is 0 Å². The fourth-order valence-electron chi connectivity index (χ4n) is 16.5. The largest absolute Gasteiger partial charge is 0.0776 e. The summed E-state index contributed by atoms with van der Waals surface area (Å²) in [7, 11) is 0. The van der Waals surface area contributed by atoms with E-state index in [9.17, 15) is 0 Å². The van der Waals surface area contributed by atoms with Gasteiger partial charge in [0.15, 0.2) is 0 Å². The first-order valence-corrected chi connectivity index (χ1v) is 28.9. The molecule has 12 aliphatic carbocycles. The van der Waals surface area contributed by atoms with E-state index in [0.717, 1.165) is 0 Å². The van der Waals surface area contributed by atoms with Crippen LogP contribution in [0.3, 0.4) is 0 Å². The van der Waals surface area contributed by atoms with Crippen molar-refractivity contribution in [1.82, 2.24) is 0 Å². The van der Waals surface area contributed by atoms with Gasteiger partial charge in [0.05, 0.1) is 0 Å². The summed E-state index contributed by atoms with van der Waals surface area (Å²) in [5.74, 6) is 3.36. The zero-order valence-electron chi connectivity index (χ0n) is 45.8. The average molecular weight is 1440 g/mol. The van der Waals surface area contributed by atoms with Gasteiger partial charge in [-0.2, -0.15) is 0 Å². The summed E-state index contributed by atoms with van der Waals surface area (Å²) in [6.07, 6.45) is 0. The second-order valence-electron chi connectivity index (χ2n) is 23.0. The van der Waals surface area contributed by atoms with Crippen LogP contribution in [0.1, 0.15) is 211 Å². The SMILES string of the molecule is C.C.C.C.[Sn].[Sn].[Sn].c1ccc2c(c1)C1c3ccccc3C2c2ccccc21.c1ccc2c(c1)C1c3ccccc3C2c2ccccc21.c1ccc2c(c1)C1c3ccccc3C2c2ccccc21.c1ccc2c(c1)C1c3ccccc3C2c2ccccc21.